The molecule has 108 valence electrons. The van der Waals surface area contributed by atoms with Gasteiger partial charge in [0.05, 0.1) is 7.11 Å². The highest BCUT2D eigenvalue weighted by molar-refractivity contribution is 5.88. The number of urea groups is 1. The number of methoxy groups -OCH3 is 1. The van der Waals surface area contributed by atoms with Crippen LogP contribution in [-0.2, 0) is 0 Å². The summed E-state index contributed by atoms with van der Waals surface area (Å²) in [7, 11) is 3.42. The minimum atomic E-state index is -0.102. The van der Waals surface area contributed by atoms with Gasteiger partial charge in [0.2, 0.25) is 5.88 Å². The molecule has 6 heteroatoms. The number of carbonyl (C=O) groups excluding carboxylic acids is 1. The van der Waals surface area contributed by atoms with Gasteiger partial charge in [-0.2, -0.15) is 0 Å². The predicted octanol–water partition coefficient (Wildman–Crippen LogP) is 2.14. The van der Waals surface area contributed by atoms with Crippen molar-refractivity contribution in [3.63, 3.8) is 0 Å². The van der Waals surface area contributed by atoms with Gasteiger partial charge in [0.15, 0.2) is 0 Å². The van der Waals surface area contributed by atoms with E-state index in [2.05, 4.69) is 15.3 Å². The van der Waals surface area contributed by atoms with Gasteiger partial charge >= 0.3 is 6.03 Å². The molecule has 2 aliphatic carbocycles. The zero-order valence-corrected chi connectivity index (χ0v) is 11.9. The molecule has 2 fully saturated rings. The number of rotatable bonds is 5. The molecular weight excluding hydrogens is 256 g/mol. The van der Waals surface area contributed by atoms with Crippen LogP contribution in [0.3, 0.4) is 0 Å². The molecule has 20 heavy (non-hydrogen) atoms. The highest BCUT2D eigenvalue weighted by atomic mass is 16.5. The van der Waals surface area contributed by atoms with E-state index in [1.54, 1.807) is 6.07 Å². The van der Waals surface area contributed by atoms with Crippen molar-refractivity contribution in [1.29, 1.82) is 0 Å². The maximum absolute atomic E-state index is 12.3. The van der Waals surface area contributed by atoms with Crippen molar-refractivity contribution >= 4 is 11.8 Å². The molecule has 0 unspecified atom stereocenters. The van der Waals surface area contributed by atoms with E-state index >= 15 is 0 Å². The fourth-order valence-corrected chi connectivity index (χ4v) is 2.75. The van der Waals surface area contributed by atoms with E-state index in [1.165, 1.54) is 39.1 Å². The summed E-state index contributed by atoms with van der Waals surface area (Å²) in [5.74, 6) is 2.30. The third-order valence-electron chi connectivity index (χ3n) is 4.06. The van der Waals surface area contributed by atoms with E-state index in [-0.39, 0.29) is 6.03 Å². The SMILES string of the molecule is COc1cc(NC(=O)N(C)C(C2CC2)C2CC2)ncn1. The minimum absolute atomic E-state index is 0.102. The summed E-state index contributed by atoms with van der Waals surface area (Å²) in [4.78, 5) is 22.1. The highest BCUT2D eigenvalue weighted by Gasteiger charge is 2.45. The number of ether oxygens (including phenoxy) is 1. The van der Waals surface area contributed by atoms with Crippen molar-refractivity contribution in [3.8, 4) is 5.88 Å². The molecule has 0 aliphatic heterocycles. The van der Waals surface area contributed by atoms with Crippen molar-refractivity contribution in [2.45, 2.75) is 31.7 Å². The summed E-state index contributed by atoms with van der Waals surface area (Å²) < 4.78 is 5.02. The first-order valence-corrected chi connectivity index (χ1v) is 7.09. The van der Waals surface area contributed by atoms with Gasteiger partial charge in [-0.25, -0.2) is 14.8 Å². The molecule has 0 atom stereocenters. The lowest BCUT2D eigenvalue weighted by Gasteiger charge is -2.28. The number of hydrogen-bond donors (Lipinski definition) is 1. The number of nitrogens with one attached hydrogen (secondary N) is 1. The number of aromatic nitrogens is 2. The molecule has 1 heterocycles. The molecule has 1 N–H and O–H groups in total. The Morgan fingerprint density at radius 2 is 2.00 bits per heavy atom. The lowest BCUT2D eigenvalue weighted by Crippen LogP contribution is -2.42. The Bertz CT molecular complexity index is 488. The van der Waals surface area contributed by atoms with E-state index in [0.717, 1.165) is 0 Å². The molecule has 2 amide bonds. The first kappa shape index (κ1) is 13.1. The van der Waals surface area contributed by atoms with Gasteiger partial charge in [0.1, 0.15) is 12.1 Å². The Kier molecular flexibility index (Phi) is 3.46. The molecule has 2 aliphatic rings. The van der Waals surface area contributed by atoms with Gasteiger partial charge in [-0.05, 0) is 37.5 Å². The van der Waals surface area contributed by atoms with E-state index in [1.807, 2.05) is 11.9 Å². The van der Waals surface area contributed by atoms with Gasteiger partial charge in [-0.3, -0.25) is 5.32 Å². The maximum atomic E-state index is 12.3. The predicted molar refractivity (Wildman–Crippen MR) is 74.6 cm³/mol. The average molecular weight is 276 g/mol. The first-order valence-electron chi connectivity index (χ1n) is 7.09. The third-order valence-corrected chi connectivity index (χ3v) is 4.06. The van der Waals surface area contributed by atoms with Crippen molar-refractivity contribution in [1.82, 2.24) is 14.9 Å². The van der Waals surface area contributed by atoms with Crippen LogP contribution in [0.2, 0.25) is 0 Å². The highest BCUT2D eigenvalue weighted by Crippen LogP contribution is 2.46. The van der Waals surface area contributed by atoms with E-state index in [9.17, 15) is 4.79 Å². The third kappa shape index (κ3) is 2.84. The van der Waals surface area contributed by atoms with Crippen molar-refractivity contribution in [2.75, 3.05) is 19.5 Å². The summed E-state index contributed by atoms with van der Waals surface area (Å²) in [6.45, 7) is 0. The van der Waals surface area contributed by atoms with Gasteiger partial charge in [0, 0.05) is 19.2 Å². The second-order valence-electron chi connectivity index (χ2n) is 5.65. The molecular formula is C14H20N4O2. The van der Waals surface area contributed by atoms with Crippen molar-refractivity contribution in [2.24, 2.45) is 11.8 Å². The topological polar surface area (TPSA) is 67.3 Å². The van der Waals surface area contributed by atoms with Gasteiger partial charge in [-0.1, -0.05) is 0 Å². The number of carbonyl (C=O) groups is 1. The molecule has 0 aromatic carbocycles. The average Bonchev–Trinajstić information content (AvgIpc) is 3.33. The Balaban J connectivity index is 1.65. The second-order valence-corrected chi connectivity index (χ2v) is 5.65. The van der Waals surface area contributed by atoms with Crippen LogP contribution in [0.5, 0.6) is 5.88 Å². The summed E-state index contributed by atoms with van der Waals surface area (Å²) >= 11 is 0. The van der Waals surface area contributed by atoms with Crippen LogP contribution >= 0.6 is 0 Å². The van der Waals surface area contributed by atoms with Crippen LogP contribution in [0.15, 0.2) is 12.4 Å². The van der Waals surface area contributed by atoms with Crippen LogP contribution < -0.4 is 10.1 Å². The second kappa shape index (κ2) is 5.26. The standard InChI is InChI=1S/C14H20N4O2/c1-18(13(9-3-4-9)10-5-6-10)14(19)17-11-7-12(20-2)16-8-15-11/h7-10,13H,3-6H2,1-2H3,(H,15,16,17,19). The normalized spacial score (nSPS) is 17.9. The largest absolute Gasteiger partial charge is 0.481 e. The number of nitrogens with zero attached hydrogens (tertiary/aromatic N) is 3. The van der Waals surface area contributed by atoms with Crippen LogP contribution in [0.1, 0.15) is 25.7 Å². The zero-order chi connectivity index (χ0) is 14.1. The van der Waals surface area contributed by atoms with Crippen LogP contribution in [0.4, 0.5) is 10.6 Å². The zero-order valence-electron chi connectivity index (χ0n) is 11.9. The fraction of sp³-hybridized carbons (Fsp3) is 0.643. The van der Waals surface area contributed by atoms with Gasteiger partial charge in [0.25, 0.3) is 0 Å². The summed E-state index contributed by atoms with van der Waals surface area (Å²) in [5, 5.41) is 2.82. The Morgan fingerprint density at radius 1 is 1.35 bits per heavy atom. The smallest absolute Gasteiger partial charge is 0.323 e. The Morgan fingerprint density at radius 3 is 2.55 bits per heavy atom. The number of hydrogen-bond acceptors (Lipinski definition) is 4. The number of amides is 2. The first-order chi connectivity index (χ1) is 9.69. The molecule has 0 saturated heterocycles. The maximum Gasteiger partial charge on any atom is 0.323 e. The molecule has 0 bridgehead atoms. The van der Waals surface area contributed by atoms with Crippen molar-refractivity contribution in [3.05, 3.63) is 12.4 Å². The molecule has 3 rings (SSSR count). The van der Waals surface area contributed by atoms with Crippen LogP contribution in [0, 0.1) is 11.8 Å². The quantitative estimate of drug-likeness (QED) is 0.894. The molecule has 6 nitrogen and oxygen atoms in total. The van der Waals surface area contributed by atoms with Crippen molar-refractivity contribution < 1.29 is 9.53 Å². The minimum Gasteiger partial charge on any atom is -0.481 e. The summed E-state index contributed by atoms with van der Waals surface area (Å²) in [6, 6.07) is 1.91. The molecule has 1 aromatic heterocycles. The Labute approximate surface area is 118 Å². The lowest BCUT2D eigenvalue weighted by molar-refractivity contribution is 0.187. The monoisotopic (exact) mass is 276 g/mol. The molecule has 2 saturated carbocycles. The van der Waals surface area contributed by atoms with Crippen LogP contribution in [-0.4, -0.2) is 41.1 Å². The molecule has 0 spiro atoms. The summed E-state index contributed by atoms with van der Waals surface area (Å²) in [5.41, 5.74) is 0. The van der Waals surface area contributed by atoms with E-state index < -0.39 is 0 Å². The van der Waals surface area contributed by atoms with E-state index in [4.69, 9.17) is 4.74 Å². The van der Waals surface area contributed by atoms with Gasteiger partial charge in [-0.15, -0.1) is 0 Å². The van der Waals surface area contributed by atoms with Crippen LogP contribution in [0.25, 0.3) is 0 Å². The fourth-order valence-electron chi connectivity index (χ4n) is 2.75. The van der Waals surface area contributed by atoms with Gasteiger partial charge < -0.3 is 9.64 Å². The summed E-state index contributed by atoms with van der Waals surface area (Å²) in [6.07, 6.45) is 6.38. The molecule has 0 radical (unpaired) electrons. The molecule has 1 aromatic rings. The lowest BCUT2D eigenvalue weighted by atomic mass is 10.1. The Hall–Kier alpha value is -1.85. The van der Waals surface area contributed by atoms with E-state index in [0.29, 0.717) is 29.6 Å². The number of anilines is 1.